The molecule has 0 bridgehead atoms. The van der Waals surface area contributed by atoms with Gasteiger partial charge in [0.25, 0.3) is 5.91 Å². The topological polar surface area (TPSA) is 49.9 Å². The van der Waals surface area contributed by atoms with Crippen LogP contribution in [0.1, 0.15) is 29.8 Å². The van der Waals surface area contributed by atoms with Gasteiger partial charge in [0.15, 0.2) is 0 Å². The molecule has 0 aromatic heterocycles. The molecule has 1 saturated heterocycles. The molecule has 0 saturated carbocycles. The predicted octanol–water partition coefficient (Wildman–Crippen LogP) is 3.55. The van der Waals surface area contributed by atoms with E-state index in [0.717, 1.165) is 5.56 Å². The highest BCUT2D eigenvalue weighted by atomic mass is 19.3. The van der Waals surface area contributed by atoms with E-state index in [9.17, 15) is 18.4 Å². The summed E-state index contributed by atoms with van der Waals surface area (Å²) in [7, 11) is 0. The van der Waals surface area contributed by atoms with E-state index in [1.54, 1.807) is 15.9 Å². The Morgan fingerprint density at radius 3 is 2.07 bits per heavy atom. The number of ether oxygens (including phenoxy) is 1. The van der Waals surface area contributed by atoms with Gasteiger partial charge >= 0.3 is 6.61 Å². The lowest BCUT2D eigenvalue weighted by molar-refractivity contribution is -0.137. The van der Waals surface area contributed by atoms with Gasteiger partial charge in [-0.05, 0) is 31.5 Å². The zero-order valence-corrected chi connectivity index (χ0v) is 16.5. The molecule has 29 heavy (non-hydrogen) atoms. The first-order valence-electron chi connectivity index (χ1n) is 9.48. The van der Waals surface area contributed by atoms with E-state index in [0.29, 0.717) is 26.2 Å². The van der Waals surface area contributed by atoms with Gasteiger partial charge in [-0.25, -0.2) is 0 Å². The number of hydrogen-bond acceptors (Lipinski definition) is 3. The third-order valence-corrected chi connectivity index (χ3v) is 5.22. The Bertz CT molecular complexity index is 863. The molecule has 154 valence electrons. The van der Waals surface area contributed by atoms with Crippen molar-refractivity contribution in [3.63, 3.8) is 0 Å². The molecule has 0 unspecified atom stereocenters. The Balaban J connectivity index is 1.66. The van der Waals surface area contributed by atoms with Crippen LogP contribution in [0.2, 0.25) is 0 Å². The number of hydrogen-bond donors (Lipinski definition) is 0. The van der Waals surface area contributed by atoms with Crippen LogP contribution in [0.25, 0.3) is 0 Å². The Labute approximate surface area is 168 Å². The van der Waals surface area contributed by atoms with Gasteiger partial charge in [0.05, 0.1) is 11.0 Å². The molecule has 1 heterocycles. The summed E-state index contributed by atoms with van der Waals surface area (Å²) >= 11 is 0. The molecule has 0 aliphatic carbocycles. The first-order chi connectivity index (χ1) is 13.8. The Morgan fingerprint density at radius 1 is 0.897 bits per heavy atom. The quantitative estimate of drug-likeness (QED) is 0.769. The second-order valence-corrected chi connectivity index (χ2v) is 7.45. The maximum absolute atomic E-state index is 13.1. The fourth-order valence-corrected chi connectivity index (χ4v) is 3.50. The van der Waals surface area contributed by atoms with Gasteiger partial charge in [-0.1, -0.05) is 42.5 Å². The number of amides is 2. The molecule has 5 nitrogen and oxygen atoms in total. The second kappa shape index (κ2) is 8.59. The number of alkyl halides is 2. The maximum atomic E-state index is 13.1. The smallest absolute Gasteiger partial charge is 0.387 e. The van der Waals surface area contributed by atoms with Crippen molar-refractivity contribution in [1.29, 1.82) is 0 Å². The average molecular weight is 402 g/mol. The number of nitrogens with zero attached hydrogens (tertiary/aromatic N) is 2. The van der Waals surface area contributed by atoms with Crippen LogP contribution < -0.4 is 4.74 Å². The van der Waals surface area contributed by atoms with Crippen LogP contribution in [0.5, 0.6) is 5.75 Å². The van der Waals surface area contributed by atoms with Crippen molar-refractivity contribution in [1.82, 2.24) is 9.80 Å². The second-order valence-electron chi connectivity index (χ2n) is 7.45. The Hall–Kier alpha value is -2.96. The lowest BCUT2D eigenvalue weighted by Crippen LogP contribution is -2.54. The number of carbonyl (C=O) groups excluding carboxylic acids is 2. The van der Waals surface area contributed by atoms with Crippen LogP contribution in [0, 0.1) is 0 Å². The summed E-state index contributed by atoms with van der Waals surface area (Å²) in [6, 6.07) is 15.5. The van der Waals surface area contributed by atoms with Crippen molar-refractivity contribution in [3.05, 3.63) is 65.7 Å². The molecule has 7 heteroatoms. The lowest BCUT2D eigenvalue weighted by atomic mass is 9.83. The van der Waals surface area contributed by atoms with Gasteiger partial charge in [0.1, 0.15) is 5.75 Å². The largest absolute Gasteiger partial charge is 0.434 e. The summed E-state index contributed by atoms with van der Waals surface area (Å²) < 4.78 is 29.7. The fourth-order valence-electron chi connectivity index (χ4n) is 3.50. The number of rotatable bonds is 5. The van der Waals surface area contributed by atoms with E-state index in [-0.39, 0.29) is 23.1 Å². The molecule has 1 aliphatic heterocycles. The summed E-state index contributed by atoms with van der Waals surface area (Å²) in [5.41, 5.74) is 0.351. The first-order valence-corrected chi connectivity index (χ1v) is 9.48. The molecule has 2 aromatic carbocycles. The number of para-hydroxylation sites is 1. The van der Waals surface area contributed by atoms with Crippen LogP contribution in [-0.2, 0) is 10.2 Å². The van der Waals surface area contributed by atoms with Crippen LogP contribution >= 0.6 is 0 Å². The first kappa shape index (κ1) is 20.8. The summed E-state index contributed by atoms with van der Waals surface area (Å²) in [4.78, 5) is 29.2. The molecule has 1 aliphatic rings. The molecule has 1 fully saturated rings. The minimum absolute atomic E-state index is 0.00256. The minimum Gasteiger partial charge on any atom is -0.434 e. The van der Waals surface area contributed by atoms with Gasteiger partial charge < -0.3 is 14.5 Å². The van der Waals surface area contributed by atoms with Crippen molar-refractivity contribution in [2.75, 3.05) is 26.2 Å². The predicted molar refractivity (Wildman–Crippen MR) is 105 cm³/mol. The van der Waals surface area contributed by atoms with E-state index < -0.39 is 12.0 Å². The third-order valence-electron chi connectivity index (χ3n) is 5.22. The van der Waals surface area contributed by atoms with Gasteiger partial charge in [-0.2, -0.15) is 8.78 Å². The Morgan fingerprint density at radius 2 is 1.45 bits per heavy atom. The number of carbonyl (C=O) groups is 2. The molecule has 0 radical (unpaired) electrons. The normalized spacial score (nSPS) is 14.8. The highest BCUT2D eigenvalue weighted by Crippen LogP contribution is 2.27. The van der Waals surface area contributed by atoms with Crippen molar-refractivity contribution in [3.8, 4) is 5.75 Å². The standard InChI is InChI=1S/C22H24F2N2O3/c1-22(2,16-8-4-3-5-9-16)20(28)26-14-12-25(13-15-26)19(27)17-10-6-7-11-18(17)29-21(23)24/h3-11,21H,12-15H2,1-2H3. The number of benzene rings is 2. The third kappa shape index (κ3) is 4.55. The number of piperazine rings is 1. The SMILES string of the molecule is CC(C)(C(=O)N1CCN(C(=O)c2ccccc2OC(F)F)CC1)c1ccccc1. The monoisotopic (exact) mass is 402 g/mol. The highest BCUT2D eigenvalue weighted by molar-refractivity contribution is 5.97. The van der Waals surface area contributed by atoms with Gasteiger partial charge in [-0.15, -0.1) is 0 Å². The van der Waals surface area contributed by atoms with Gasteiger partial charge in [0.2, 0.25) is 5.91 Å². The molecule has 0 atom stereocenters. The van der Waals surface area contributed by atoms with Crippen LogP contribution in [0.4, 0.5) is 8.78 Å². The van der Waals surface area contributed by atoms with E-state index in [2.05, 4.69) is 4.74 Å². The molecule has 2 aromatic rings. The molecular formula is C22H24F2N2O3. The summed E-state index contributed by atoms with van der Waals surface area (Å²) in [5.74, 6) is -0.524. The molecule has 0 spiro atoms. The van der Waals surface area contributed by atoms with E-state index in [4.69, 9.17) is 0 Å². The lowest BCUT2D eigenvalue weighted by Gasteiger charge is -2.39. The zero-order valence-electron chi connectivity index (χ0n) is 16.5. The van der Waals surface area contributed by atoms with Crippen molar-refractivity contribution in [2.45, 2.75) is 25.9 Å². The minimum atomic E-state index is -3.00. The van der Waals surface area contributed by atoms with E-state index in [1.807, 2.05) is 44.2 Å². The summed E-state index contributed by atoms with van der Waals surface area (Å²) in [5, 5.41) is 0. The van der Waals surface area contributed by atoms with Crippen LogP contribution in [0.15, 0.2) is 54.6 Å². The molecule has 0 N–H and O–H groups in total. The average Bonchev–Trinajstić information content (AvgIpc) is 2.73. The van der Waals surface area contributed by atoms with Gasteiger partial charge in [-0.3, -0.25) is 9.59 Å². The molecule has 3 rings (SSSR count). The summed E-state index contributed by atoms with van der Waals surface area (Å²) in [6.45, 7) is 2.22. The highest BCUT2D eigenvalue weighted by Gasteiger charge is 2.36. The zero-order chi connectivity index (χ0) is 21.0. The van der Waals surface area contributed by atoms with Crippen LogP contribution in [0.3, 0.4) is 0 Å². The van der Waals surface area contributed by atoms with Crippen molar-refractivity contribution < 1.29 is 23.1 Å². The van der Waals surface area contributed by atoms with E-state index in [1.165, 1.54) is 18.2 Å². The maximum Gasteiger partial charge on any atom is 0.387 e. The van der Waals surface area contributed by atoms with Crippen LogP contribution in [-0.4, -0.2) is 54.4 Å². The Kier molecular flexibility index (Phi) is 6.15. The molecular weight excluding hydrogens is 378 g/mol. The van der Waals surface area contributed by atoms with Gasteiger partial charge in [0, 0.05) is 26.2 Å². The number of halogens is 2. The van der Waals surface area contributed by atoms with Crippen molar-refractivity contribution in [2.24, 2.45) is 0 Å². The van der Waals surface area contributed by atoms with Crippen molar-refractivity contribution >= 4 is 11.8 Å². The summed E-state index contributed by atoms with van der Waals surface area (Å²) in [6.07, 6.45) is 0. The molecule has 2 amide bonds. The fraction of sp³-hybridized carbons (Fsp3) is 0.364. The van der Waals surface area contributed by atoms with E-state index >= 15 is 0 Å².